The molecule has 0 N–H and O–H groups in total. The Labute approximate surface area is 453 Å². The number of methoxy groups -OCH3 is 6. The first-order chi connectivity index (χ1) is 37.2. The molecule has 8 rings (SSSR count). The molecule has 0 bridgehead atoms. The van der Waals surface area contributed by atoms with E-state index in [2.05, 4.69) is 69.7 Å². The van der Waals surface area contributed by atoms with Gasteiger partial charge in [-0.15, -0.1) is 20.4 Å². The van der Waals surface area contributed by atoms with Crippen molar-refractivity contribution in [3.05, 3.63) is 82.4 Å². The molecule has 2 aliphatic rings. The third-order valence-corrected chi connectivity index (χ3v) is 17.2. The first-order valence-corrected chi connectivity index (χ1v) is 27.4. The Morgan fingerprint density at radius 1 is 0.526 bits per heavy atom. The van der Waals surface area contributed by atoms with Crippen LogP contribution in [0.3, 0.4) is 0 Å². The van der Waals surface area contributed by atoms with Gasteiger partial charge in [-0.2, -0.15) is 37.5 Å². The minimum Gasteiger partial charge on any atom is -0.479 e. The van der Waals surface area contributed by atoms with Crippen LogP contribution in [0.15, 0.2) is 37.4 Å². The summed E-state index contributed by atoms with van der Waals surface area (Å²) in [6.07, 6.45) is 5.34. The van der Waals surface area contributed by atoms with Gasteiger partial charge in [-0.25, -0.2) is 36.8 Å². The fraction of sp³-hybridized carbons (Fsp3) is 0.545. The van der Waals surface area contributed by atoms with Crippen molar-refractivity contribution in [3.8, 4) is 34.9 Å². The van der Waals surface area contributed by atoms with Crippen molar-refractivity contribution in [2.24, 2.45) is 0 Å². The quantitative estimate of drug-likeness (QED) is 0.0686. The average molecular weight is 1180 g/mol. The molecule has 34 heteroatoms. The average Bonchev–Trinajstić information content (AvgIpc) is 3.98. The second-order valence-corrected chi connectivity index (χ2v) is 22.9. The van der Waals surface area contributed by atoms with E-state index >= 15 is 0 Å². The van der Waals surface area contributed by atoms with Gasteiger partial charge < -0.3 is 37.9 Å². The number of aromatic nitrogens is 14. The van der Waals surface area contributed by atoms with Crippen LogP contribution in [0.1, 0.15) is 98.5 Å². The van der Waals surface area contributed by atoms with Gasteiger partial charge in [-0.05, 0) is 39.5 Å². The number of halogens is 6. The summed E-state index contributed by atoms with van der Waals surface area (Å²) >= 11 is 11.7. The van der Waals surface area contributed by atoms with E-state index in [0.717, 1.165) is 0 Å². The van der Waals surface area contributed by atoms with Crippen molar-refractivity contribution in [2.45, 2.75) is 111 Å². The predicted octanol–water partition coefficient (Wildman–Crippen LogP) is 5.39. The summed E-state index contributed by atoms with van der Waals surface area (Å²) in [6, 6.07) is 0. The number of rotatable bonds is 24. The molecular weight excluding hydrogens is 1130 g/mol. The zero-order valence-corrected chi connectivity index (χ0v) is 45.9. The third-order valence-electron chi connectivity index (χ3n) is 12.7. The van der Waals surface area contributed by atoms with E-state index in [1.807, 2.05) is 0 Å². The summed E-state index contributed by atoms with van der Waals surface area (Å²) in [5, 5.41) is 15.1. The molecule has 0 radical (unpaired) electrons. The maximum atomic E-state index is 13.6. The molecule has 2 saturated carbocycles. The van der Waals surface area contributed by atoms with Gasteiger partial charge in [0, 0.05) is 50.8 Å². The summed E-state index contributed by atoms with van der Waals surface area (Å²) in [5.74, 6) is -0.720. The van der Waals surface area contributed by atoms with Crippen LogP contribution in [-0.2, 0) is 50.1 Å². The number of hydrogen-bond acceptors (Lipinski definition) is 24. The number of nitrogens with zero attached hydrogens (tertiary/aromatic N) is 14. The van der Waals surface area contributed by atoms with Crippen molar-refractivity contribution in [3.63, 3.8) is 0 Å². The summed E-state index contributed by atoms with van der Waals surface area (Å²) in [6.45, 7) is -2.88. The van der Waals surface area contributed by atoms with Crippen LogP contribution in [0.4, 0.5) is 17.6 Å². The van der Waals surface area contributed by atoms with E-state index < -0.39 is 79.3 Å². The summed E-state index contributed by atoms with van der Waals surface area (Å²) < 4.78 is 150. The minimum atomic E-state index is -3.99. The monoisotopic (exact) mass is 1180 g/mol. The zero-order valence-electron chi connectivity index (χ0n) is 42.7. The number of alkyl halides is 4. The first kappa shape index (κ1) is 59.5. The first-order valence-electron chi connectivity index (χ1n) is 23.2. The van der Waals surface area contributed by atoms with Gasteiger partial charge in [0.25, 0.3) is 0 Å². The molecule has 6 aromatic rings. The van der Waals surface area contributed by atoms with Crippen LogP contribution in [-0.4, -0.2) is 165 Å². The Balaban J connectivity index is 0.000000226. The minimum absolute atomic E-state index is 0.00774. The van der Waals surface area contributed by atoms with Crippen molar-refractivity contribution in [2.75, 3.05) is 42.7 Å². The number of ether oxygens (including phenoxy) is 8. The molecule has 0 aliphatic heterocycles. The topological polar surface area (TPSA) is 307 Å². The van der Waals surface area contributed by atoms with Gasteiger partial charge in [0.2, 0.25) is 23.5 Å². The van der Waals surface area contributed by atoms with Gasteiger partial charge >= 0.3 is 13.2 Å². The lowest BCUT2D eigenvalue weighted by molar-refractivity contribution is -0.185. The van der Waals surface area contributed by atoms with Crippen LogP contribution in [0.2, 0.25) is 10.0 Å². The maximum absolute atomic E-state index is 13.6. The number of sulfone groups is 2. The largest absolute Gasteiger partial charge is 0.479 e. The molecule has 4 atom stereocenters. The highest BCUT2D eigenvalue weighted by molar-refractivity contribution is 7.91. The van der Waals surface area contributed by atoms with E-state index in [0.29, 0.717) is 11.6 Å². The van der Waals surface area contributed by atoms with Gasteiger partial charge in [0.15, 0.2) is 54.3 Å². The molecule has 0 amide bonds. The fourth-order valence-electron chi connectivity index (χ4n) is 8.56. The molecule has 78 heavy (non-hydrogen) atoms. The van der Waals surface area contributed by atoms with Gasteiger partial charge in [-0.1, -0.05) is 23.2 Å². The van der Waals surface area contributed by atoms with Crippen LogP contribution < -0.4 is 18.9 Å². The standard InChI is InChI=1S/2C22H26ClF2N7O6S/c2*1-11(17(35-2)18-26-7-13(23)8-27-18)39(33,34)9-15-30-31-19(12-5-14(6-12)38-22(24)25)32(15)16-20(36-3)28-10-29-21(16)37-4/h2*7-8,10-12,14,17,22H,5-6,9H2,1-4H3/t2*11-,12?,14?,17-/m00/s1. The van der Waals surface area contributed by atoms with Crippen molar-refractivity contribution >= 4 is 42.9 Å². The van der Waals surface area contributed by atoms with Gasteiger partial charge in [0.1, 0.15) is 48.0 Å². The van der Waals surface area contributed by atoms with Crippen LogP contribution in [0.5, 0.6) is 23.5 Å². The van der Waals surface area contributed by atoms with Crippen LogP contribution >= 0.6 is 23.2 Å². The molecule has 0 saturated heterocycles. The smallest absolute Gasteiger partial charge is 0.345 e. The Kier molecular flexibility index (Phi) is 19.6. The fourth-order valence-corrected chi connectivity index (χ4v) is 11.6. The summed E-state index contributed by atoms with van der Waals surface area (Å²) in [5.41, 5.74) is 0.339. The molecule has 26 nitrogen and oxygen atoms in total. The van der Waals surface area contributed by atoms with E-state index in [1.165, 1.54) is 103 Å². The third kappa shape index (κ3) is 13.3. The highest BCUT2D eigenvalue weighted by atomic mass is 35.5. The second kappa shape index (κ2) is 25.7. The van der Waals surface area contributed by atoms with E-state index in [-0.39, 0.29) is 106 Å². The molecule has 2 fully saturated rings. The van der Waals surface area contributed by atoms with Crippen molar-refractivity contribution in [1.82, 2.24) is 69.4 Å². The molecule has 424 valence electrons. The lowest BCUT2D eigenvalue weighted by atomic mass is 9.81. The molecule has 2 aliphatic carbocycles. The molecule has 6 heterocycles. The molecule has 0 aromatic carbocycles. The Hall–Kier alpha value is -6.16. The molecule has 0 spiro atoms. The Bertz CT molecular complexity index is 2950. The van der Waals surface area contributed by atoms with E-state index in [9.17, 15) is 34.4 Å². The lowest BCUT2D eigenvalue weighted by Gasteiger charge is -2.34. The van der Waals surface area contributed by atoms with Crippen LogP contribution in [0, 0.1) is 0 Å². The van der Waals surface area contributed by atoms with Crippen molar-refractivity contribution in [1.29, 1.82) is 0 Å². The Morgan fingerprint density at radius 2 is 0.833 bits per heavy atom. The summed E-state index contributed by atoms with van der Waals surface area (Å²) in [7, 11) is 0.216. The molecular formula is C44H52Cl2F4N14O12S2. The lowest BCUT2D eigenvalue weighted by Crippen LogP contribution is -2.33. The Morgan fingerprint density at radius 3 is 1.10 bits per heavy atom. The maximum Gasteiger partial charge on any atom is 0.345 e. The van der Waals surface area contributed by atoms with E-state index in [1.54, 1.807) is 0 Å². The van der Waals surface area contributed by atoms with Crippen molar-refractivity contribution < 1.29 is 72.3 Å². The predicted molar refractivity (Wildman–Crippen MR) is 264 cm³/mol. The highest BCUT2D eigenvalue weighted by Crippen LogP contribution is 2.44. The second-order valence-electron chi connectivity index (χ2n) is 17.3. The normalized spacial score (nSPS) is 19.0. The highest BCUT2D eigenvalue weighted by Gasteiger charge is 2.42. The van der Waals surface area contributed by atoms with Gasteiger partial charge in [0.05, 0.1) is 61.2 Å². The molecule has 6 aromatic heterocycles. The van der Waals surface area contributed by atoms with E-state index in [4.69, 9.17) is 51.6 Å². The van der Waals surface area contributed by atoms with Crippen LogP contribution in [0.25, 0.3) is 11.4 Å². The zero-order chi connectivity index (χ0) is 56.6. The number of hydrogen-bond donors (Lipinski definition) is 0. The SMILES string of the molecule is COc1ncnc(OC)c1-n1c(CS(=O)(=O)[C@@H](C)[C@H](OC)c2ncc(Cl)cn2)nnc1C1CC(OC(F)F)C1.COc1ncnc(OC)c1-n1c(CS(=O)(=O)[C@@H](C)[C@H](OC)c2ncc(Cl)cn2)nnc1C1CC(OC(F)F)C1. The summed E-state index contributed by atoms with van der Waals surface area (Å²) in [4.78, 5) is 32.8. The van der Waals surface area contributed by atoms with Gasteiger partial charge in [-0.3, -0.25) is 9.13 Å². The molecule has 0 unspecified atom stereocenters.